The van der Waals surface area contributed by atoms with E-state index in [0.29, 0.717) is 5.92 Å². The number of rotatable bonds is 8. The van der Waals surface area contributed by atoms with Gasteiger partial charge in [-0.25, -0.2) is 4.79 Å². The minimum atomic E-state index is 0.0425. The number of hydrogen-bond acceptors (Lipinski definition) is 4. The Hall–Kier alpha value is -1.11. The van der Waals surface area contributed by atoms with E-state index in [1.54, 1.807) is 18.4 Å². The zero-order valence-electron chi connectivity index (χ0n) is 15.2. The summed E-state index contributed by atoms with van der Waals surface area (Å²) in [5.41, 5.74) is 0. The molecule has 0 bridgehead atoms. The molecule has 1 aliphatic heterocycles. The Morgan fingerprint density at radius 2 is 2.25 bits per heavy atom. The van der Waals surface area contributed by atoms with Gasteiger partial charge < -0.3 is 19.9 Å². The molecular weight excluding hydrogens is 322 g/mol. The number of nitrogens with zero attached hydrogens (tertiary/aromatic N) is 2. The molecule has 1 saturated heterocycles. The molecule has 0 aliphatic carbocycles. The highest BCUT2D eigenvalue weighted by molar-refractivity contribution is 7.09. The predicted octanol–water partition coefficient (Wildman–Crippen LogP) is 2.68. The number of nitrogens with one attached hydrogen (secondary N) is 1. The largest absolute Gasteiger partial charge is 0.383 e. The number of thiophene rings is 1. The molecule has 0 radical (unpaired) electrons. The van der Waals surface area contributed by atoms with Crippen molar-refractivity contribution in [3.63, 3.8) is 0 Å². The Bertz CT molecular complexity index is 473. The molecule has 0 unspecified atom stereocenters. The van der Waals surface area contributed by atoms with E-state index in [1.165, 1.54) is 4.88 Å². The van der Waals surface area contributed by atoms with Gasteiger partial charge >= 0.3 is 6.03 Å². The fourth-order valence-electron chi connectivity index (χ4n) is 3.19. The highest BCUT2D eigenvalue weighted by Crippen LogP contribution is 2.18. The number of hydrogen-bond donors (Lipinski definition) is 1. The molecule has 1 aromatic rings. The quantitative estimate of drug-likeness (QED) is 0.781. The normalized spacial score (nSPS) is 17.6. The van der Waals surface area contributed by atoms with Crippen LogP contribution in [0.4, 0.5) is 4.79 Å². The molecule has 24 heavy (non-hydrogen) atoms. The van der Waals surface area contributed by atoms with Crippen LogP contribution in [0.2, 0.25) is 0 Å². The van der Waals surface area contributed by atoms with E-state index in [0.717, 1.165) is 52.0 Å². The lowest BCUT2D eigenvalue weighted by molar-refractivity contribution is 0.112. The van der Waals surface area contributed by atoms with E-state index in [4.69, 9.17) is 4.74 Å². The first-order valence-corrected chi connectivity index (χ1v) is 9.71. The number of likely N-dealkylation sites (tertiary alicyclic amines) is 1. The van der Waals surface area contributed by atoms with Crippen LogP contribution < -0.4 is 5.32 Å². The van der Waals surface area contributed by atoms with Gasteiger partial charge in [-0.15, -0.1) is 11.3 Å². The number of amides is 2. The van der Waals surface area contributed by atoms with Gasteiger partial charge in [0.25, 0.3) is 0 Å². The van der Waals surface area contributed by atoms with Crippen molar-refractivity contribution in [2.24, 2.45) is 5.92 Å². The maximum absolute atomic E-state index is 12.4. The summed E-state index contributed by atoms with van der Waals surface area (Å²) in [6.07, 6.45) is 3.22. The topological polar surface area (TPSA) is 44.8 Å². The second-order valence-electron chi connectivity index (χ2n) is 6.79. The molecular formula is C18H31N3O2S. The van der Waals surface area contributed by atoms with Crippen molar-refractivity contribution in [3.05, 3.63) is 22.4 Å². The summed E-state index contributed by atoms with van der Waals surface area (Å²) >= 11 is 1.74. The maximum Gasteiger partial charge on any atom is 0.317 e. The highest BCUT2D eigenvalue weighted by Gasteiger charge is 2.22. The SMILES string of the molecule is COCCN1CCC(CN(C)C(=O)N[C@@H](C)Cc2cccs2)CC1. The first-order chi connectivity index (χ1) is 11.6. The van der Waals surface area contributed by atoms with Crippen molar-refractivity contribution >= 4 is 17.4 Å². The summed E-state index contributed by atoms with van der Waals surface area (Å²) in [6, 6.07) is 4.38. The zero-order valence-corrected chi connectivity index (χ0v) is 16.0. The lowest BCUT2D eigenvalue weighted by Gasteiger charge is -2.34. The van der Waals surface area contributed by atoms with Crippen molar-refractivity contribution < 1.29 is 9.53 Å². The van der Waals surface area contributed by atoms with Gasteiger partial charge in [0.2, 0.25) is 0 Å². The first-order valence-electron chi connectivity index (χ1n) is 8.83. The predicted molar refractivity (Wildman–Crippen MR) is 99.7 cm³/mol. The maximum atomic E-state index is 12.4. The third kappa shape index (κ3) is 6.42. The second kappa shape index (κ2) is 10.0. The van der Waals surface area contributed by atoms with E-state index >= 15 is 0 Å². The van der Waals surface area contributed by atoms with Crippen LogP contribution in [0.15, 0.2) is 17.5 Å². The van der Waals surface area contributed by atoms with Gasteiger partial charge in [0.1, 0.15) is 0 Å². The molecule has 1 N–H and O–H groups in total. The van der Waals surface area contributed by atoms with Crippen LogP contribution >= 0.6 is 11.3 Å². The van der Waals surface area contributed by atoms with E-state index in [-0.39, 0.29) is 12.1 Å². The lowest BCUT2D eigenvalue weighted by atomic mass is 9.96. The molecule has 0 spiro atoms. The van der Waals surface area contributed by atoms with Crippen molar-refractivity contribution in [3.8, 4) is 0 Å². The summed E-state index contributed by atoms with van der Waals surface area (Å²) < 4.78 is 5.14. The van der Waals surface area contributed by atoms with E-state index in [9.17, 15) is 4.79 Å². The average Bonchev–Trinajstić information content (AvgIpc) is 3.06. The molecule has 2 rings (SSSR count). The molecule has 6 heteroatoms. The van der Waals surface area contributed by atoms with Crippen LogP contribution in [0, 0.1) is 5.92 Å². The van der Waals surface area contributed by atoms with Crippen molar-refractivity contribution in [2.45, 2.75) is 32.2 Å². The Kier molecular flexibility index (Phi) is 8.02. The molecule has 1 aliphatic rings. The number of ether oxygens (including phenoxy) is 1. The summed E-state index contributed by atoms with van der Waals surface area (Å²) in [5.74, 6) is 0.604. The van der Waals surface area contributed by atoms with Gasteiger partial charge in [-0.2, -0.15) is 0 Å². The van der Waals surface area contributed by atoms with Crippen molar-refractivity contribution in [1.82, 2.24) is 15.1 Å². The van der Waals surface area contributed by atoms with E-state index in [1.807, 2.05) is 11.9 Å². The van der Waals surface area contributed by atoms with Crippen LogP contribution in [0.5, 0.6) is 0 Å². The number of piperidine rings is 1. The first kappa shape index (κ1) is 19.2. The highest BCUT2D eigenvalue weighted by atomic mass is 32.1. The van der Waals surface area contributed by atoms with E-state index < -0.39 is 0 Å². The second-order valence-corrected chi connectivity index (χ2v) is 7.82. The number of methoxy groups -OCH3 is 1. The molecule has 0 aromatic carbocycles. The molecule has 0 saturated carbocycles. The van der Waals surface area contributed by atoms with Crippen LogP contribution in [0.1, 0.15) is 24.6 Å². The summed E-state index contributed by atoms with van der Waals surface area (Å²) in [7, 11) is 3.66. The molecule has 5 nitrogen and oxygen atoms in total. The van der Waals surface area contributed by atoms with Crippen molar-refractivity contribution in [1.29, 1.82) is 0 Å². The molecule has 136 valence electrons. The van der Waals surface area contributed by atoms with Gasteiger partial charge in [0.15, 0.2) is 0 Å². The van der Waals surface area contributed by atoms with Crippen LogP contribution in [0.25, 0.3) is 0 Å². The zero-order chi connectivity index (χ0) is 17.4. The van der Waals surface area contributed by atoms with Gasteiger partial charge in [-0.05, 0) is 50.2 Å². The molecule has 1 aromatic heterocycles. The third-order valence-electron chi connectivity index (χ3n) is 4.65. The van der Waals surface area contributed by atoms with Crippen LogP contribution in [-0.2, 0) is 11.2 Å². The van der Waals surface area contributed by atoms with Crippen LogP contribution in [0.3, 0.4) is 0 Å². The van der Waals surface area contributed by atoms with Gasteiger partial charge in [-0.3, -0.25) is 0 Å². The summed E-state index contributed by atoms with van der Waals surface area (Å²) in [5, 5.41) is 5.19. The van der Waals surface area contributed by atoms with Gasteiger partial charge in [-0.1, -0.05) is 6.07 Å². The molecule has 2 heterocycles. The minimum absolute atomic E-state index is 0.0425. The number of urea groups is 1. The Labute approximate surface area is 150 Å². The fraction of sp³-hybridized carbons (Fsp3) is 0.722. The Morgan fingerprint density at radius 1 is 1.50 bits per heavy atom. The van der Waals surface area contributed by atoms with Gasteiger partial charge in [0.05, 0.1) is 6.61 Å². The molecule has 1 fully saturated rings. The summed E-state index contributed by atoms with van der Waals surface area (Å²) in [4.78, 5) is 18.0. The number of carbonyl (C=O) groups excluding carboxylic acids is 1. The minimum Gasteiger partial charge on any atom is -0.383 e. The van der Waals surface area contributed by atoms with E-state index in [2.05, 4.69) is 34.7 Å². The van der Waals surface area contributed by atoms with Gasteiger partial charge in [0, 0.05) is 44.6 Å². The Balaban J connectivity index is 1.66. The van der Waals surface area contributed by atoms with Crippen LogP contribution in [-0.4, -0.2) is 68.8 Å². The standard InChI is InChI=1S/C18H31N3O2S/c1-15(13-17-5-4-12-24-17)19-18(22)20(2)14-16-6-8-21(9-7-16)10-11-23-3/h4-5,12,15-16H,6-11,13-14H2,1-3H3,(H,19,22)/t15-/m0/s1. The smallest absolute Gasteiger partial charge is 0.317 e. The lowest BCUT2D eigenvalue weighted by Crippen LogP contribution is -2.46. The summed E-state index contributed by atoms with van der Waals surface area (Å²) in [6.45, 7) is 6.95. The Morgan fingerprint density at radius 3 is 2.88 bits per heavy atom. The number of carbonyl (C=O) groups is 1. The molecule has 1 atom stereocenters. The average molecular weight is 354 g/mol. The van der Waals surface area contributed by atoms with Crippen molar-refractivity contribution in [2.75, 3.05) is 46.9 Å². The fourth-order valence-corrected chi connectivity index (χ4v) is 4.02. The molecule has 2 amide bonds. The third-order valence-corrected chi connectivity index (χ3v) is 5.55. The monoisotopic (exact) mass is 353 g/mol.